The van der Waals surface area contributed by atoms with Gasteiger partial charge in [0.2, 0.25) is 5.89 Å². The van der Waals surface area contributed by atoms with E-state index in [0.29, 0.717) is 18.4 Å². The largest absolute Gasteiger partial charge is 0.436 e. The summed E-state index contributed by atoms with van der Waals surface area (Å²) in [6.07, 6.45) is 2.83. The highest BCUT2D eigenvalue weighted by molar-refractivity contribution is 5.75. The van der Waals surface area contributed by atoms with E-state index in [1.807, 2.05) is 48.5 Å². The lowest BCUT2D eigenvalue weighted by molar-refractivity contribution is 0.0306. The number of nitrogens with two attached hydrogens (primary N) is 1. The first kappa shape index (κ1) is 17.2. The van der Waals surface area contributed by atoms with Gasteiger partial charge < -0.3 is 20.0 Å². The van der Waals surface area contributed by atoms with Gasteiger partial charge in [0.25, 0.3) is 0 Å². The van der Waals surface area contributed by atoms with Crippen LogP contribution in [0.4, 0.5) is 0 Å². The number of aliphatic hydroxyl groups excluding tert-OH is 1. The molecule has 2 aromatic carbocycles. The lowest BCUT2D eigenvalue weighted by atomic mass is 10.0. The van der Waals surface area contributed by atoms with Gasteiger partial charge in [0, 0.05) is 18.2 Å². The van der Waals surface area contributed by atoms with E-state index in [1.54, 1.807) is 0 Å². The van der Waals surface area contributed by atoms with Gasteiger partial charge in [0.05, 0.1) is 12.7 Å². The summed E-state index contributed by atoms with van der Waals surface area (Å²) in [5, 5.41) is 9.10. The molecule has 1 heterocycles. The topological polar surface area (TPSA) is 81.5 Å². The molecule has 1 saturated carbocycles. The Balaban J connectivity index is 1.39. The molecule has 3 N–H and O–H groups in total. The van der Waals surface area contributed by atoms with Crippen molar-refractivity contribution in [2.24, 2.45) is 11.7 Å². The number of hydrogen-bond donors (Lipinski definition) is 2. The predicted molar refractivity (Wildman–Crippen MR) is 100 cm³/mol. The first-order valence-electron chi connectivity index (χ1n) is 9.17. The van der Waals surface area contributed by atoms with Crippen LogP contribution in [-0.4, -0.2) is 28.8 Å². The third-order valence-electron chi connectivity index (χ3n) is 5.25. The SMILES string of the molecule is N[C@@H]1[C@@H](CCO)CC[C@H]1OCc1ccc(-c2nc3ccccc3o2)cc1. The fourth-order valence-corrected chi connectivity index (χ4v) is 3.71. The Hall–Kier alpha value is -2.21. The van der Waals surface area contributed by atoms with Gasteiger partial charge in [0.15, 0.2) is 5.58 Å². The number of para-hydroxylation sites is 2. The Bertz CT molecular complexity index is 826. The van der Waals surface area contributed by atoms with Crippen LogP contribution in [0.2, 0.25) is 0 Å². The lowest BCUT2D eigenvalue weighted by Gasteiger charge is -2.20. The predicted octanol–water partition coefficient (Wildman–Crippen LogP) is 3.50. The van der Waals surface area contributed by atoms with E-state index >= 15 is 0 Å². The Morgan fingerprint density at radius 3 is 2.69 bits per heavy atom. The number of hydrogen-bond acceptors (Lipinski definition) is 5. The molecule has 1 fully saturated rings. The number of ether oxygens (including phenoxy) is 1. The molecule has 3 aromatic rings. The summed E-state index contributed by atoms with van der Waals surface area (Å²) in [7, 11) is 0. The normalized spacial score (nSPS) is 22.9. The molecule has 5 heteroatoms. The van der Waals surface area contributed by atoms with Crippen molar-refractivity contribution in [1.29, 1.82) is 0 Å². The van der Waals surface area contributed by atoms with Crippen LogP contribution in [0.3, 0.4) is 0 Å². The molecule has 0 unspecified atom stereocenters. The number of aliphatic hydroxyl groups is 1. The monoisotopic (exact) mass is 352 g/mol. The van der Waals surface area contributed by atoms with Gasteiger partial charge in [-0.25, -0.2) is 4.98 Å². The van der Waals surface area contributed by atoms with Crippen LogP contribution in [0.5, 0.6) is 0 Å². The van der Waals surface area contributed by atoms with Gasteiger partial charge >= 0.3 is 0 Å². The van der Waals surface area contributed by atoms with E-state index in [9.17, 15) is 0 Å². The number of rotatable bonds is 6. The molecular formula is C21H24N2O3. The molecule has 0 spiro atoms. The van der Waals surface area contributed by atoms with Crippen LogP contribution in [-0.2, 0) is 11.3 Å². The third-order valence-corrected chi connectivity index (χ3v) is 5.25. The van der Waals surface area contributed by atoms with E-state index < -0.39 is 0 Å². The zero-order valence-corrected chi connectivity index (χ0v) is 14.7. The number of nitrogens with zero attached hydrogens (tertiary/aromatic N) is 1. The highest BCUT2D eigenvalue weighted by Crippen LogP contribution is 2.30. The summed E-state index contributed by atoms with van der Waals surface area (Å²) >= 11 is 0. The second-order valence-electron chi connectivity index (χ2n) is 6.96. The Morgan fingerprint density at radius 1 is 1.12 bits per heavy atom. The zero-order chi connectivity index (χ0) is 17.9. The molecule has 0 saturated heterocycles. The van der Waals surface area contributed by atoms with Crippen molar-refractivity contribution in [3.63, 3.8) is 0 Å². The molecule has 4 rings (SSSR count). The molecule has 3 atom stereocenters. The van der Waals surface area contributed by atoms with Crippen molar-refractivity contribution in [2.75, 3.05) is 6.61 Å². The van der Waals surface area contributed by atoms with Crippen molar-refractivity contribution < 1.29 is 14.3 Å². The van der Waals surface area contributed by atoms with Crippen LogP contribution in [0, 0.1) is 5.92 Å². The summed E-state index contributed by atoms with van der Waals surface area (Å²) in [5.74, 6) is 0.995. The van der Waals surface area contributed by atoms with Gasteiger partial charge in [-0.1, -0.05) is 24.3 Å². The number of aromatic nitrogens is 1. The first-order chi connectivity index (χ1) is 12.7. The van der Waals surface area contributed by atoms with E-state index in [4.69, 9.17) is 20.0 Å². The molecule has 0 aliphatic heterocycles. The van der Waals surface area contributed by atoms with Crippen molar-refractivity contribution in [1.82, 2.24) is 4.98 Å². The Labute approximate surface area is 152 Å². The standard InChI is InChI=1S/C21H24N2O3/c22-20-15(11-12-24)9-10-19(20)25-13-14-5-7-16(8-6-14)21-23-17-3-1-2-4-18(17)26-21/h1-8,15,19-20,24H,9-13,22H2/t15-,19-,20-/m1/s1. The maximum absolute atomic E-state index is 9.10. The minimum atomic E-state index is 0.0150. The Kier molecular flexibility index (Phi) is 5.02. The summed E-state index contributed by atoms with van der Waals surface area (Å²) in [4.78, 5) is 4.52. The number of fused-ring (bicyclic) bond motifs is 1. The van der Waals surface area contributed by atoms with Crippen LogP contribution in [0.25, 0.3) is 22.6 Å². The van der Waals surface area contributed by atoms with E-state index in [2.05, 4.69) is 4.98 Å². The zero-order valence-electron chi connectivity index (χ0n) is 14.7. The van der Waals surface area contributed by atoms with Crippen LogP contribution in [0.15, 0.2) is 52.9 Å². The average Bonchev–Trinajstić information content (AvgIpc) is 3.25. The summed E-state index contributed by atoms with van der Waals surface area (Å²) in [5.41, 5.74) is 9.96. The molecule has 0 amide bonds. The first-order valence-corrected chi connectivity index (χ1v) is 9.17. The highest BCUT2D eigenvalue weighted by atomic mass is 16.5. The van der Waals surface area contributed by atoms with Gasteiger partial charge in [-0.2, -0.15) is 0 Å². The van der Waals surface area contributed by atoms with E-state index in [-0.39, 0.29) is 18.8 Å². The van der Waals surface area contributed by atoms with Gasteiger partial charge in [-0.05, 0) is 55.0 Å². The van der Waals surface area contributed by atoms with Crippen molar-refractivity contribution in [3.8, 4) is 11.5 Å². The second kappa shape index (κ2) is 7.58. The fraction of sp³-hybridized carbons (Fsp3) is 0.381. The van der Waals surface area contributed by atoms with E-state index in [1.165, 1.54) is 0 Å². The van der Waals surface area contributed by atoms with Crippen molar-refractivity contribution in [3.05, 3.63) is 54.1 Å². The van der Waals surface area contributed by atoms with Crippen molar-refractivity contribution in [2.45, 2.75) is 38.0 Å². The molecule has 1 aliphatic carbocycles. The smallest absolute Gasteiger partial charge is 0.227 e. The molecule has 26 heavy (non-hydrogen) atoms. The number of benzene rings is 2. The molecule has 0 radical (unpaired) electrons. The quantitative estimate of drug-likeness (QED) is 0.709. The van der Waals surface area contributed by atoms with Gasteiger partial charge in [-0.3, -0.25) is 0 Å². The maximum Gasteiger partial charge on any atom is 0.227 e. The van der Waals surface area contributed by atoms with Crippen molar-refractivity contribution >= 4 is 11.1 Å². The lowest BCUT2D eigenvalue weighted by Crippen LogP contribution is -2.36. The number of oxazole rings is 1. The molecule has 5 nitrogen and oxygen atoms in total. The van der Waals surface area contributed by atoms with Crippen LogP contribution < -0.4 is 5.73 Å². The van der Waals surface area contributed by atoms with Gasteiger partial charge in [-0.15, -0.1) is 0 Å². The molecular weight excluding hydrogens is 328 g/mol. The molecule has 1 aromatic heterocycles. The minimum Gasteiger partial charge on any atom is -0.436 e. The average molecular weight is 352 g/mol. The summed E-state index contributed by atoms with van der Waals surface area (Å²) < 4.78 is 11.8. The van der Waals surface area contributed by atoms with Gasteiger partial charge in [0.1, 0.15) is 5.52 Å². The van der Waals surface area contributed by atoms with Crippen LogP contribution in [0.1, 0.15) is 24.8 Å². The summed E-state index contributed by atoms with van der Waals surface area (Å²) in [6, 6.07) is 15.9. The molecule has 1 aliphatic rings. The highest BCUT2D eigenvalue weighted by Gasteiger charge is 2.33. The Morgan fingerprint density at radius 2 is 1.92 bits per heavy atom. The minimum absolute atomic E-state index is 0.0150. The molecule has 0 bridgehead atoms. The van der Waals surface area contributed by atoms with Crippen LogP contribution >= 0.6 is 0 Å². The third kappa shape index (κ3) is 3.51. The maximum atomic E-state index is 9.10. The summed E-state index contributed by atoms with van der Waals surface area (Å²) in [6.45, 7) is 0.737. The fourth-order valence-electron chi connectivity index (χ4n) is 3.71. The van der Waals surface area contributed by atoms with E-state index in [0.717, 1.165) is 41.5 Å². The second-order valence-corrected chi connectivity index (χ2v) is 6.96. The molecule has 136 valence electrons.